The van der Waals surface area contributed by atoms with E-state index in [1.165, 1.54) is 51.4 Å². The summed E-state index contributed by atoms with van der Waals surface area (Å²) in [7, 11) is -4.18. The zero-order chi connectivity index (χ0) is 38.6. The lowest BCUT2D eigenvalue weighted by atomic mass is 10.2. The van der Waals surface area contributed by atoms with Gasteiger partial charge in [0.2, 0.25) is 0 Å². The van der Waals surface area contributed by atoms with E-state index in [1.807, 2.05) is 0 Å². The summed E-state index contributed by atoms with van der Waals surface area (Å²) in [5, 5.41) is 0. The number of nitrogens with two attached hydrogens (primary N) is 1. The standard InChI is InChI=1S/C45H78NO6P/c1-3-5-7-9-11-13-15-17-19-21-23-25-27-29-31-33-35-37-40-49-43-45(44-52-53(47,48)51-42-39-46)50-41-38-36-34-32-30-28-26-24-22-20-18-16-14-12-10-8-6-4-2/h11-14,17-20,23-26,29-32,45H,3-10,15-16,21-22,27-28,33-44,46H2,1-2H3,(H,47,48)/b13-11-,14-12-,19-17-,20-18-,25-23-,26-24-,31-29-,32-30-/t45-/m1/s1. The number of unbranched alkanes of at least 4 members (excludes halogenated alkanes) is 10. The molecule has 2 atom stereocenters. The van der Waals surface area contributed by atoms with Gasteiger partial charge in [0.15, 0.2) is 0 Å². The van der Waals surface area contributed by atoms with Gasteiger partial charge < -0.3 is 20.1 Å². The first-order chi connectivity index (χ1) is 26.1. The molecule has 0 bridgehead atoms. The van der Waals surface area contributed by atoms with Crippen molar-refractivity contribution in [3.63, 3.8) is 0 Å². The summed E-state index contributed by atoms with van der Waals surface area (Å²) < 4.78 is 34.0. The van der Waals surface area contributed by atoms with Crippen molar-refractivity contribution in [2.24, 2.45) is 5.73 Å². The second kappa shape index (κ2) is 42.6. The highest BCUT2D eigenvalue weighted by molar-refractivity contribution is 7.47. The topological polar surface area (TPSA) is 100 Å². The lowest BCUT2D eigenvalue weighted by Crippen LogP contribution is -2.26. The van der Waals surface area contributed by atoms with Gasteiger partial charge in [0.1, 0.15) is 6.10 Å². The SMILES string of the molecule is CCCCC/C=C\C/C=C\C/C=C\C/C=C\CCCCOC[C@H](COP(=O)(O)OCCN)OCCCC/C=C\C/C=C\C/C=C\C/C=C\CCCCC. The van der Waals surface area contributed by atoms with Gasteiger partial charge in [0, 0.05) is 19.8 Å². The van der Waals surface area contributed by atoms with Crippen LogP contribution in [0.4, 0.5) is 0 Å². The number of hydrogen-bond donors (Lipinski definition) is 2. The van der Waals surface area contributed by atoms with Crippen molar-refractivity contribution in [1.29, 1.82) is 0 Å². The second-order valence-corrected chi connectivity index (χ2v) is 14.6. The summed E-state index contributed by atoms with van der Waals surface area (Å²) in [6.45, 7) is 5.89. The molecule has 304 valence electrons. The number of allylic oxidation sites excluding steroid dienone is 16. The Hall–Kier alpha value is -2.09. The zero-order valence-electron chi connectivity index (χ0n) is 33.7. The molecule has 0 rings (SSSR count). The molecule has 0 fully saturated rings. The maximum Gasteiger partial charge on any atom is 0.472 e. The van der Waals surface area contributed by atoms with Gasteiger partial charge >= 0.3 is 7.82 Å². The summed E-state index contributed by atoms with van der Waals surface area (Å²) in [5.74, 6) is 0. The monoisotopic (exact) mass is 760 g/mol. The van der Waals surface area contributed by atoms with Gasteiger partial charge in [-0.2, -0.15) is 0 Å². The average Bonchev–Trinajstić information content (AvgIpc) is 3.15. The van der Waals surface area contributed by atoms with Crippen LogP contribution in [-0.2, 0) is 23.1 Å². The fraction of sp³-hybridized carbons (Fsp3) is 0.644. The molecule has 0 saturated heterocycles. The number of phosphoric ester groups is 1. The minimum atomic E-state index is -4.18. The molecule has 1 unspecified atom stereocenters. The molecule has 0 aromatic carbocycles. The zero-order valence-corrected chi connectivity index (χ0v) is 34.6. The Morgan fingerprint density at radius 3 is 1.26 bits per heavy atom. The molecule has 8 heteroatoms. The first-order valence-corrected chi connectivity index (χ1v) is 22.3. The van der Waals surface area contributed by atoms with Crippen LogP contribution in [0.15, 0.2) is 97.2 Å². The molecular formula is C45H78NO6P. The third-order valence-corrected chi connectivity index (χ3v) is 9.03. The van der Waals surface area contributed by atoms with E-state index in [0.717, 1.165) is 77.0 Å². The van der Waals surface area contributed by atoms with Crippen molar-refractivity contribution >= 4 is 7.82 Å². The second-order valence-electron chi connectivity index (χ2n) is 13.1. The lowest BCUT2D eigenvalue weighted by Gasteiger charge is -2.20. The molecule has 0 radical (unpaired) electrons. The quantitative estimate of drug-likeness (QED) is 0.0365. The molecule has 0 aromatic heterocycles. The van der Waals surface area contributed by atoms with E-state index in [2.05, 4.69) is 111 Å². The molecule has 0 saturated carbocycles. The van der Waals surface area contributed by atoms with Crippen molar-refractivity contribution in [2.75, 3.05) is 39.6 Å². The van der Waals surface area contributed by atoms with Crippen molar-refractivity contribution in [2.45, 2.75) is 148 Å². The molecule has 0 aliphatic carbocycles. The Balaban J connectivity index is 4.14. The highest BCUT2D eigenvalue weighted by Crippen LogP contribution is 2.43. The minimum Gasteiger partial charge on any atom is -0.379 e. The van der Waals surface area contributed by atoms with Crippen LogP contribution < -0.4 is 5.73 Å². The van der Waals surface area contributed by atoms with Crippen LogP contribution in [0.5, 0.6) is 0 Å². The van der Waals surface area contributed by atoms with E-state index in [-0.39, 0.29) is 19.8 Å². The first kappa shape index (κ1) is 50.9. The van der Waals surface area contributed by atoms with Crippen LogP contribution in [0.2, 0.25) is 0 Å². The van der Waals surface area contributed by atoms with Crippen LogP contribution >= 0.6 is 7.82 Å². The molecule has 3 N–H and O–H groups in total. The van der Waals surface area contributed by atoms with E-state index in [9.17, 15) is 9.46 Å². The van der Waals surface area contributed by atoms with E-state index >= 15 is 0 Å². The molecule has 0 aliphatic heterocycles. The molecule has 0 heterocycles. The van der Waals surface area contributed by atoms with Gasteiger partial charge in [-0.05, 0) is 103 Å². The fourth-order valence-electron chi connectivity index (χ4n) is 4.94. The maximum absolute atomic E-state index is 12.1. The molecule has 7 nitrogen and oxygen atoms in total. The predicted octanol–water partition coefficient (Wildman–Crippen LogP) is 12.8. The van der Waals surface area contributed by atoms with Gasteiger partial charge in [-0.25, -0.2) is 4.57 Å². The van der Waals surface area contributed by atoms with Gasteiger partial charge in [0.25, 0.3) is 0 Å². The summed E-state index contributed by atoms with van der Waals surface area (Å²) in [6, 6.07) is 0. The summed E-state index contributed by atoms with van der Waals surface area (Å²) >= 11 is 0. The van der Waals surface area contributed by atoms with Crippen LogP contribution in [0.1, 0.15) is 142 Å². The number of ether oxygens (including phenoxy) is 2. The maximum atomic E-state index is 12.1. The average molecular weight is 760 g/mol. The Bertz CT molecular complexity index is 1060. The van der Waals surface area contributed by atoms with E-state index in [1.54, 1.807) is 0 Å². The Morgan fingerprint density at radius 1 is 0.491 bits per heavy atom. The molecule has 0 aromatic rings. The molecule has 0 amide bonds. The van der Waals surface area contributed by atoms with Crippen LogP contribution in [0, 0.1) is 0 Å². The van der Waals surface area contributed by atoms with Crippen molar-refractivity contribution in [3.8, 4) is 0 Å². The van der Waals surface area contributed by atoms with Gasteiger partial charge in [-0.15, -0.1) is 0 Å². The van der Waals surface area contributed by atoms with Crippen LogP contribution in [-0.4, -0.2) is 50.6 Å². The number of hydrogen-bond acceptors (Lipinski definition) is 6. The van der Waals surface area contributed by atoms with E-state index in [0.29, 0.717) is 19.8 Å². The first-order valence-electron chi connectivity index (χ1n) is 20.8. The molecule has 53 heavy (non-hydrogen) atoms. The summed E-state index contributed by atoms with van der Waals surface area (Å²) in [5.41, 5.74) is 5.38. The van der Waals surface area contributed by atoms with Gasteiger partial charge in [-0.3, -0.25) is 9.05 Å². The Kier molecular flexibility index (Phi) is 41.0. The van der Waals surface area contributed by atoms with Crippen LogP contribution in [0.25, 0.3) is 0 Å². The molecular weight excluding hydrogens is 681 g/mol. The van der Waals surface area contributed by atoms with Crippen molar-refractivity contribution in [1.82, 2.24) is 0 Å². The summed E-state index contributed by atoms with van der Waals surface area (Å²) in [6.07, 6.45) is 57.2. The Labute approximate surface area is 325 Å². The summed E-state index contributed by atoms with van der Waals surface area (Å²) in [4.78, 5) is 9.89. The van der Waals surface area contributed by atoms with Crippen molar-refractivity contribution in [3.05, 3.63) is 97.2 Å². The normalized spacial score (nSPS) is 14.7. The molecule has 0 spiro atoms. The van der Waals surface area contributed by atoms with Gasteiger partial charge in [-0.1, -0.05) is 137 Å². The van der Waals surface area contributed by atoms with Crippen LogP contribution in [0.3, 0.4) is 0 Å². The fourth-order valence-corrected chi connectivity index (χ4v) is 5.71. The predicted molar refractivity (Wildman–Crippen MR) is 228 cm³/mol. The number of phosphoric acid groups is 1. The van der Waals surface area contributed by atoms with E-state index < -0.39 is 13.9 Å². The third-order valence-electron chi connectivity index (χ3n) is 8.04. The highest BCUT2D eigenvalue weighted by Gasteiger charge is 2.23. The van der Waals surface area contributed by atoms with Gasteiger partial charge in [0.05, 0.1) is 19.8 Å². The van der Waals surface area contributed by atoms with Crippen molar-refractivity contribution < 1.29 is 28.0 Å². The van der Waals surface area contributed by atoms with E-state index in [4.69, 9.17) is 24.3 Å². The number of rotatable bonds is 39. The third kappa shape index (κ3) is 42.5. The Morgan fingerprint density at radius 2 is 0.868 bits per heavy atom. The highest BCUT2D eigenvalue weighted by atomic mass is 31.2. The minimum absolute atomic E-state index is 0.0489. The molecule has 0 aliphatic rings. The smallest absolute Gasteiger partial charge is 0.379 e. The largest absolute Gasteiger partial charge is 0.472 e. The lowest BCUT2D eigenvalue weighted by molar-refractivity contribution is -0.0441.